The highest BCUT2D eigenvalue weighted by Gasteiger charge is 2.13. The molecular weight excluding hydrogens is 120 g/mol. The van der Waals surface area contributed by atoms with Crippen molar-refractivity contribution in [2.45, 2.75) is 6.10 Å². The molecular formula is C5H8N2O2. The van der Waals surface area contributed by atoms with Crippen molar-refractivity contribution in [1.29, 1.82) is 0 Å². The highest BCUT2D eigenvalue weighted by molar-refractivity contribution is 5.80. The topological polar surface area (TPSA) is 64.4 Å². The molecule has 0 aromatic heterocycles. The number of nitrogens with one attached hydrogen (secondary N) is 1. The molecule has 0 saturated heterocycles. The third-order valence-corrected chi connectivity index (χ3v) is 1.00. The van der Waals surface area contributed by atoms with Gasteiger partial charge in [-0.15, -0.1) is 0 Å². The highest BCUT2D eigenvalue weighted by Crippen LogP contribution is 1.94. The lowest BCUT2D eigenvalue weighted by Crippen LogP contribution is -2.37. The van der Waals surface area contributed by atoms with Crippen molar-refractivity contribution in [3.63, 3.8) is 0 Å². The van der Waals surface area contributed by atoms with E-state index in [4.69, 9.17) is 10.6 Å². The number of amides is 1. The molecule has 1 amide bonds. The van der Waals surface area contributed by atoms with Crippen LogP contribution in [0.1, 0.15) is 0 Å². The van der Waals surface area contributed by atoms with Crippen LogP contribution >= 0.6 is 0 Å². The summed E-state index contributed by atoms with van der Waals surface area (Å²) in [5.41, 5.74) is 7.44. The van der Waals surface area contributed by atoms with E-state index in [9.17, 15) is 4.79 Å². The number of nitrogens with two attached hydrogens (primary N) is 1. The van der Waals surface area contributed by atoms with Gasteiger partial charge in [-0.2, -0.15) is 5.48 Å². The number of hydrogen-bond acceptors (Lipinski definition) is 3. The van der Waals surface area contributed by atoms with E-state index in [1.165, 1.54) is 0 Å². The van der Waals surface area contributed by atoms with Crippen LogP contribution < -0.4 is 11.2 Å². The minimum absolute atomic E-state index is 0.474. The van der Waals surface area contributed by atoms with E-state index < -0.39 is 12.0 Å². The Bertz CT molecular complexity index is 144. The number of rotatable bonds is 1. The number of primary amides is 1. The van der Waals surface area contributed by atoms with Crippen LogP contribution in [0.4, 0.5) is 0 Å². The van der Waals surface area contributed by atoms with Crippen LogP contribution in [0.3, 0.4) is 0 Å². The normalized spacial score (nSPS) is 26.0. The molecule has 1 aliphatic heterocycles. The Labute approximate surface area is 52.6 Å². The van der Waals surface area contributed by atoms with Crippen molar-refractivity contribution in [3.05, 3.63) is 12.2 Å². The monoisotopic (exact) mass is 128 g/mol. The summed E-state index contributed by atoms with van der Waals surface area (Å²) in [5, 5.41) is 0. The third kappa shape index (κ3) is 1.51. The Morgan fingerprint density at radius 2 is 2.67 bits per heavy atom. The molecule has 4 nitrogen and oxygen atoms in total. The smallest absolute Gasteiger partial charge is 0.252 e. The fourth-order valence-corrected chi connectivity index (χ4v) is 0.570. The molecule has 0 bridgehead atoms. The van der Waals surface area contributed by atoms with E-state index >= 15 is 0 Å². The van der Waals surface area contributed by atoms with Gasteiger partial charge in [-0.1, -0.05) is 6.08 Å². The van der Waals surface area contributed by atoms with E-state index in [-0.39, 0.29) is 0 Å². The van der Waals surface area contributed by atoms with Crippen molar-refractivity contribution >= 4 is 5.91 Å². The van der Waals surface area contributed by atoms with Crippen molar-refractivity contribution in [2.24, 2.45) is 5.73 Å². The van der Waals surface area contributed by atoms with Crippen molar-refractivity contribution in [1.82, 2.24) is 5.48 Å². The highest BCUT2D eigenvalue weighted by atomic mass is 16.7. The summed E-state index contributed by atoms with van der Waals surface area (Å²) >= 11 is 0. The zero-order chi connectivity index (χ0) is 6.69. The van der Waals surface area contributed by atoms with E-state index in [1.54, 1.807) is 12.2 Å². The molecule has 0 saturated carbocycles. The molecule has 0 aromatic carbocycles. The van der Waals surface area contributed by atoms with Gasteiger partial charge in [0.25, 0.3) is 5.91 Å². The summed E-state index contributed by atoms with van der Waals surface area (Å²) in [5.74, 6) is -0.474. The number of carbonyl (C=O) groups excluding carboxylic acids is 1. The molecule has 50 valence electrons. The van der Waals surface area contributed by atoms with Gasteiger partial charge in [-0.05, 0) is 6.08 Å². The summed E-state index contributed by atoms with van der Waals surface area (Å²) < 4.78 is 0. The molecule has 1 aliphatic rings. The van der Waals surface area contributed by atoms with Gasteiger partial charge < -0.3 is 5.73 Å². The van der Waals surface area contributed by atoms with Gasteiger partial charge in [-0.25, -0.2) is 0 Å². The first-order chi connectivity index (χ1) is 4.30. The molecule has 1 rings (SSSR count). The predicted molar refractivity (Wildman–Crippen MR) is 31.2 cm³/mol. The van der Waals surface area contributed by atoms with Crippen LogP contribution in [0.15, 0.2) is 12.2 Å². The summed E-state index contributed by atoms with van der Waals surface area (Å²) in [4.78, 5) is 15.1. The quantitative estimate of drug-likeness (QED) is 0.442. The van der Waals surface area contributed by atoms with Gasteiger partial charge in [0.2, 0.25) is 0 Å². The van der Waals surface area contributed by atoms with Gasteiger partial charge in [0.15, 0.2) is 6.10 Å². The van der Waals surface area contributed by atoms with Crippen LogP contribution in [-0.2, 0) is 9.63 Å². The first-order valence-corrected chi connectivity index (χ1v) is 2.65. The standard InChI is InChI=1S/C5H8N2O2/c6-5(8)4-2-1-3-7-9-4/h1-2,4,7H,3H2,(H2,6,8). The van der Waals surface area contributed by atoms with Crippen molar-refractivity contribution < 1.29 is 9.63 Å². The molecule has 0 fully saturated rings. The first kappa shape index (κ1) is 6.25. The fourth-order valence-electron chi connectivity index (χ4n) is 0.570. The molecule has 1 atom stereocenters. The number of hydrogen-bond donors (Lipinski definition) is 2. The molecule has 1 unspecified atom stereocenters. The molecule has 9 heavy (non-hydrogen) atoms. The van der Waals surface area contributed by atoms with Gasteiger partial charge in [0, 0.05) is 6.54 Å². The summed E-state index contributed by atoms with van der Waals surface area (Å²) in [7, 11) is 0. The van der Waals surface area contributed by atoms with Gasteiger partial charge in [0.1, 0.15) is 0 Å². The van der Waals surface area contributed by atoms with Gasteiger partial charge in [-0.3, -0.25) is 9.63 Å². The zero-order valence-corrected chi connectivity index (χ0v) is 4.83. The number of hydroxylamine groups is 1. The molecule has 0 spiro atoms. The van der Waals surface area contributed by atoms with E-state index in [0.717, 1.165) is 0 Å². The van der Waals surface area contributed by atoms with Crippen LogP contribution in [0.5, 0.6) is 0 Å². The van der Waals surface area contributed by atoms with Gasteiger partial charge >= 0.3 is 0 Å². The van der Waals surface area contributed by atoms with Crippen LogP contribution in [0.2, 0.25) is 0 Å². The summed E-state index contributed by atoms with van der Waals surface area (Å²) in [6.07, 6.45) is 2.82. The average molecular weight is 128 g/mol. The lowest BCUT2D eigenvalue weighted by molar-refractivity contribution is -0.131. The second-order valence-corrected chi connectivity index (χ2v) is 1.72. The molecule has 0 aliphatic carbocycles. The van der Waals surface area contributed by atoms with E-state index in [0.29, 0.717) is 6.54 Å². The zero-order valence-electron chi connectivity index (χ0n) is 4.83. The lowest BCUT2D eigenvalue weighted by Gasteiger charge is -2.13. The van der Waals surface area contributed by atoms with Crippen molar-refractivity contribution in [2.75, 3.05) is 6.54 Å². The Morgan fingerprint density at radius 1 is 1.89 bits per heavy atom. The maximum atomic E-state index is 10.4. The third-order valence-electron chi connectivity index (χ3n) is 1.00. The summed E-state index contributed by atoms with van der Waals surface area (Å²) in [6, 6.07) is 0. The Hall–Kier alpha value is -0.870. The second-order valence-electron chi connectivity index (χ2n) is 1.72. The largest absolute Gasteiger partial charge is 0.367 e. The van der Waals surface area contributed by atoms with Crippen LogP contribution in [-0.4, -0.2) is 18.6 Å². The molecule has 0 aromatic rings. The van der Waals surface area contributed by atoms with Gasteiger partial charge in [0.05, 0.1) is 0 Å². The number of carbonyl (C=O) groups is 1. The summed E-state index contributed by atoms with van der Waals surface area (Å²) in [6.45, 7) is 0.629. The van der Waals surface area contributed by atoms with Crippen LogP contribution in [0.25, 0.3) is 0 Å². The predicted octanol–water partition coefficient (Wildman–Crippen LogP) is -1.07. The average Bonchev–Trinajstić information content (AvgIpc) is 1.90. The Balaban J connectivity index is 2.50. The fraction of sp³-hybridized carbons (Fsp3) is 0.400. The minimum Gasteiger partial charge on any atom is -0.367 e. The van der Waals surface area contributed by atoms with E-state index in [2.05, 4.69) is 5.48 Å². The Kier molecular flexibility index (Phi) is 1.81. The maximum absolute atomic E-state index is 10.4. The molecule has 3 N–H and O–H groups in total. The maximum Gasteiger partial charge on any atom is 0.252 e. The van der Waals surface area contributed by atoms with Crippen LogP contribution in [0, 0.1) is 0 Å². The SMILES string of the molecule is NC(=O)C1C=CCNO1. The lowest BCUT2D eigenvalue weighted by atomic mass is 10.3. The molecule has 4 heteroatoms. The first-order valence-electron chi connectivity index (χ1n) is 2.65. The second kappa shape index (κ2) is 2.61. The molecule has 0 radical (unpaired) electrons. The van der Waals surface area contributed by atoms with Crippen molar-refractivity contribution in [3.8, 4) is 0 Å². The molecule has 1 heterocycles. The van der Waals surface area contributed by atoms with E-state index in [1.807, 2.05) is 0 Å². The Morgan fingerprint density at radius 3 is 3.00 bits per heavy atom. The minimum atomic E-state index is -0.598.